The molecule has 20 heavy (non-hydrogen) atoms. The van der Waals surface area contributed by atoms with E-state index in [1.54, 1.807) is 0 Å². The van der Waals surface area contributed by atoms with Crippen LogP contribution in [0.3, 0.4) is 0 Å². The summed E-state index contributed by atoms with van der Waals surface area (Å²) >= 11 is 0. The number of amides is 2. The van der Waals surface area contributed by atoms with E-state index < -0.39 is 5.97 Å². The van der Waals surface area contributed by atoms with E-state index in [0.29, 0.717) is 12.5 Å². The fraction of sp³-hybridized carbons (Fsp3) is 0.867. The van der Waals surface area contributed by atoms with Crippen molar-refractivity contribution >= 4 is 12.0 Å². The van der Waals surface area contributed by atoms with Gasteiger partial charge in [-0.25, -0.2) is 4.79 Å². The molecule has 1 fully saturated rings. The lowest BCUT2D eigenvalue weighted by Gasteiger charge is -2.36. The molecule has 5 nitrogen and oxygen atoms in total. The molecular weight excluding hydrogens is 256 g/mol. The molecule has 2 unspecified atom stereocenters. The van der Waals surface area contributed by atoms with E-state index in [1.165, 1.54) is 0 Å². The predicted molar refractivity (Wildman–Crippen MR) is 78.6 cm³/mol. The second-order valence-corrected chi connectivity index (χ2v) is 5.89. The summed E-state index contributed by atoms with van der Waals surface area (Å²) in [6.07, 6.45) is 4.05. The van der Waals surface area contributed by atoms with Crippen molar-refractivity contribution in [3.05, 3.63) is 0 Å². The van der Waals surface area contributed by atoms with Gasteiger partial charge in [-0.2, -0.15) is 0 Å². The maximum atomic E-state index is 12.2. The highest BCUT2D eigenvalue weighted by Gasteiger charge is 2.28. The van der Waals surface area contributed by atoms with Crippen LogP contribution in [0.2, 0.25) is 0 Å². The third-order valence-corrected chi connectivity index (χ3v) is 4.36. The Balaban J connectivity index is 2.51. The number of carbonyl (C=O) groups excluding carboxylic acids is 1. The van der Waals surface area contributed by atoms with Crippen LogP contribution in [-0.4, -0.2) is 41.1 Å². The normalized spacial score (nSPS) is 20.8. The van der Waals surface area contributed by atoms with E-state index in [2.05, 4.69) is 19.2 Å². The summed E-state index contributed by atoms with van der Waals surface area (Å²) in [5.41, 5.74) is 0. The zero-order chi connectivity index (χ0) is 15.1. The Kier molecular flexibility index (Phi) is 6.82. The fourth-order valence-electron chi connectivity index (χ4n) is 2.86. The van der Waals surface area contributed by atoms with Crippen LogP contribution in [0.15, 0.2) is 0 Å². The van der Waals surface area contributed by atoms with Gasteiger partial charge < -0.3 is 15.3 Å². The van der Waals surface area contributed by atoms with Gasteiger partial charge in [0.25, 0.3) is 0 Å². The molecule has 0 aromatic heterocycles. The van der Waals surface area contributed by atoms with Gasteiger partial charge >= 0.3 is 12.0 Å². The van der Waals surface area contributed by atoms with Gasteiger partial charge in [-0.15, -0.1) is 0 Å². The van der Waals surface area contributed by atoms with Gasteiger partial charge in [0.1, 0.15) is 0 Å². The second kappa shape index (κ2) is 8.12. The quantitative estimate of drug-likeness (QED) is 0.788. The summed E-state index contributed by atoms with van der Waals surface area (Å²) in [5.74, 6) is -0.334. The van der Waals surface area contributed by atoms with Crippen LogP contribution in [0.5, 0.6) is 0 Å². The van der Waals surface area contributed by atoms with Crippen LogP contribution in [0.1, 0.15) is 52.9 Å². The molecule has 0 radical (unpaired) electrons. The maximum Gasteiger partial charge on any atom is 0.317 e. The minimum Gasteiger partial charge on any atom is -0.481 e. The van der Waals surface area contributed by atoms with E-state index in [4.69, 9.17) is 5.11 Å². The average Bonchev–Trinajstić information content (AvgIpc) is 2.43. The van der Waals surface area contributed by atoms with E-state index in [1.807, 2.05) is 11.8 Å². The largest absolute Gasteiger partial charge is 0.481 e. The minimum atomic E-state index is -0.754. The maximum absolute atomic E-state index is 12.2. The van der Waals surface area contributed by atoms with Crippen LogP contribution >= 0.6 is 0 Å². The van der Waals surface area contributed by atoms with Gasteiger partial charge in [0.2, 0.25) is 0 Å². The van der Waals surface area contributed by atoms with Gasteiger partial charge in [0, 0.05) is 25.6 Å². The zero-order valence-corrected chi connectivity index (χ0v) is 12.9. The Morgan fingerprint density at radius 1 is 1.35 bits per heavy atom. The molecule has 0 spiro atoms. The van der Waals surface area contributed by atoms with Crippen LogP contribution < -0.4 is 5.32 Å². The number of hydrogen-bond donors (Lipinski definition) is 2. The second-order valence-electron chi connectivity index (χ2n) is 5.89. The zero-order valence-electron chi connectivity index (χ0n) is 12.9. The highest BCUT2D eigenvalue weighted by molar-refractivity contribution is 5.74. The Labute approximate surface area is 121 Å². The molecule has 2 amide bonds. The first-order chi connectivity index (χ1) is 9.47. The van der Waals surface area contributed by atoms with Gasteiger partial charge in [-0.1, -0.05) is 20.8 Å². The number of carbonyl (C=O) groups is 2. The lowest BCUT2D eigenvalue weighted by molar-refractivity contribution is -0.138. The molecule has 0 saturated carbocycles. The molecule has 1 rings (SSSR count). The summed E-state index contributed by atoms with van der Waals surface area (Å²) in [4.78, 5) is 24.9. The molecule has 0 aromatic rings. The predicted octanol–water partition coefficient (Wildman–Crippen LogP) is 2.71. The molecule has 0 aliphatic carbocycles. The van der Waals surface area contributed by atoms with E-state index >= 15 is 0 Å². The van der Waals surface area contributed by atoms with Crippen LogP contribution in [0.4, 0.5) is 4.79 Å². The highest BCUT2D eigenvalue weighted by Crippen LogP contribution is 2.26. The smallest absolute Gasteiger partial charge is 0.317 e. The summed E-state index contributed by atoms with van der Waals surface area (Å²) in [7, 11) is 0. The number of carboxylic acid groups (broad SMARTS) is 1. The summed E-state index contributed by atoms with van der Waals surface area (Å²) < 4.78 is 0. The number of aliphatic carboxylic acids is 1. The first kappa shape index (κ1) is 16.8. The van der Waals surface area contributed by atoms with Crippen LogP contribution in [0.25, 0.3) is 0 Å². The van der Waals surface area contributed by atoms with Gasteiger partial charge in [0.05, 0.1) is 0 Å². The van der Waals surface area contributed by atoms with Gasteiger partial charge in [-0.3, -0.25) is 4.79 Å². The summed E-state index contributed by atoms with van der Waals surface area (Å²) in [6, 6.07) is 0.241. The molecule has 2 atom stereocenters. The van der Waals surface area contributed by atoms with E-state index in [9.17, 15) is 9.59 Å². The van der Waals surface area contributed by atoms with Crippen molar-refractivity contribution in [1.29, 1.82) is 0 Å². The average molecular weight is 284 g/mol. The fourth-order valence-corrected chi connectivity index (χ4v) is 2.86. The number of likely N-dealkylation sites (tertiary alicyclic amines) is 1. The Bertz CT molecular complexity index is 329. The molecule has 0 bridgehead atoms. The summed E-state index contributed by atoms with van der Waals surface area (Å²) in [6.45, 7) is 7.58. The van der Waals surface area contributed by atoms with Gasteiger partial charge in [0.15, 0.2) is 0 Å². The molecular formula is C15H28N2O3. The molecule has 116 valence electrons. The number of hydrogen-bond acceptors (Lipinski definition) is 2. The number of nitrogens with zero attached hydrogens (tertiary/aromatic N) is 1. The molecule has 1 heterocycles. The van der Waals surface area contributed by atoms with E-state index in [0.717, 1.165) is 32.2 Å². The number of piperidine rings is 1. The number of nitrogens with one attached hydrogen (secondary N) is 1. The Morgan fingerprint density at radius 2 is 2.00 bits per heavy atom. The third kappa shape index (κ3) is 5.02. The van der Waals surface area contributed by atoms with Gasteiger partial charge in [-0.05, 0) is 37.5 Å². The van der Waals surface area contributed by atoms with Crippen molar-refractivity contribution < 1.29 is 14.7 Å². The van der Waals surface area contributed by atoms with Crippen molar-refractivity contribution in [2.24, 2.45) is 11.8 Å². The minimum absolute atomic E-state index is 0.00549. The monoisotopic (exact) mass is 284 g/mol. The van der Waals surface area contributed by atoms with Crippen LogP contribution in [-0.2, 0) is 4.79 Å². The van der Waals surface area contributed by atoms with E-state index in [-0.39, 0.29) is 24.4 Å². The first-order valence-electron chi connectivity index (χ1n) is 7.75. The molecule has 2 N–H and O–H groups in total. The highest BCUT2D eigenvalue weighted by atomic mass is 16.4. The van der Waals surface area contributed by atoms with Crippen LogP contribution in [0, 0.1) is 11.8 Å². The molecule has 1 aliphatic rings. The van der Waals surface area contributed by atoms with Crippen molar-refractivity contribution in [1.82, 2.24) is 10.2 Å². The molecule has 1 aliphatic heterocycles. The molecule has 1 saturated heterocycles. The Morgan fingerprint density at radius 3 is 2.55 bits per heavy atom. The lowest BCUT2D eigenvalue weighted by atomic mass is 9.85. The summed E-state index contributed by atoms with van der Waals surface area (Å²) in [5, 5.41) is 11.9. The topological polar surface area (TPSA) is 69.6 Å². The number of carboxylic acids is 1. The lowest BCUT2D eigenvalue weighted by Crippen LogP contribution is -2.49. The number of rotatable bonds is 6. The van der Waals surface area contributed by atoms with Crippen molar-refractivity contribution in [3.8, 4) is 0 Å². The van der Waals surface area contributed by atoms with Crippen molar-refractivity contribution in [2.75, 3.05) is 13.1 Å². The van der Waals surface area contributed by atoms with Crippen molar-refractivity contribution in [2.45, 2.75) is 58.9 Å². The molecule has 0 aromatic carbocycles. The third-order valence-electron chi connectivity index (χ3n) is 4.36. The van der Waals surface area contributed by atoms with Crippen molar-refractivity contribution in [3.63, 3.8) is 0 Å². The first-order valence-corrected chi connectivity index (χ1v) is 7.75. The SMILES string of the molecule is CCC(CC)NC(=O)N1CCCC(C(C)CC(=O)O)C1. The molecule has 5 heteroatoms. The Hall–Kier alpha value is -1.26. The number of urea groups is 1. The standard InChI is InChI=1S/C15H28N2O3/c1-4-13(5-2)16-15(20)17-8-6-7-12(10-17)11(3)9-14(18)19/h11-13H,4-10H2,1-3H3,(H,16,20)(H,18,19).